The SMILES string of the molecule is COc1cccc(OC)c1C1=N/C(=C\c2ccc(Cl)cc2Cl)C(=O)O1. The molecule has 0 spiro atoms. The highest BCUT2D eigenvalue weighted by atomic mass is 35.5. The van der Waals surface area contributed by atoms with Gasteiger partial charge in [0.25, 0.3) is 0 Å². The summed E-state index contributed by atoms with van der Waals surface area (Å²) in [6.07, 6.45) is 1.54. The van der Waals surface area contributed by atoms with Crippen LogP contribution in [-0.2, 0) is 9.53 Å². The van der Waals surface area contributed by atoms with E-state index in [0.717, 1.165) is 0 Å². The lowest BCUT2D eigenvalue weighted by molar-refractivity contribution is -0.129. The number of esters is 1. The number of ether oxygens (including phenoxy) is 3. The first-order valence-corrected chi connectivity index (χ1v) is 7.98. The monoisotopic (exact) mass is 377 g/mol. The lowest BCUT2D eigenvalue weighted by Crippen LogP contribution is -2.08. The van der Waals surface area contributed by atoms with E-state index in [-0.39, 0.29) is 11.6 Å². The number of cyclic esters (lactones) is 1. The summed E-state index contributed by atoms with van der Waals surface area (Å²) in [5, 5.41) is 0.912. The zero-order chi connectivity index (χ0) is 18.0. The van der Waals surface area contributed by atoms with Crippen molar-refractivity contribution in [3.05, 3.63) is 63.3 Å². The van der Waals surface area contributed by atoms with E-state index in [1.54, 1.807) is 36.4 Å². The molecule has 0 amide bonds. The summed E-state index contributed by atoms with van der Waals surface area (Å²) in [5.74, 6) is 0.484. The minimum absolute atomic E-state index is 0.107. The molecule has 2 aromatic carbocycles. The van der Waals surface area contributed by atoms with Crippen LogP contribution in [0, 0.1) is 0 Å². The maximum atomic E-state index is 12.2. The number of carbonyl (C=O) groups is 1. The molecule has 1 heterocycles. The van der Waals surface area contributed by atoms with Crippen molar-refractivity contribution in [1.82, 2.24) is 0 Å². The third kappa shape index (κ3) is 3.48. The molecule has 0 radical (unpaired) electrons. The molecular weight excluding hydrogens is 365 g/mol. The molecule has 3 rings (SSSR count). The first kappa shape index (κ1) is 17.3. The van der Waals surface area contributed by atoms with E-state index in [2.05, 4.69) is 4.99 Å². The molecule has 1 aliphatic heterocycles. The zero-order valence-electron chi connectivity index (χ0n) is 13.4. The van der Waals surface area contributed by atoms with Gasteiger partial charge in [0.15, 0.2) is 5.70 Å². The predicted octanol–water partition coefficient (Wildman–Crippen LogP) is 4.36. The van der Waals surface area contributed by atoms with Gasteiger partial charge < -0.3 is 14.2 Å². The fraction of sp³-hybridized carbons (Fsp3) is 0.111. The fourth-order valence-electron chi connectivity index (χ4n) is 2.34. The second kappa shape index (κ2) is 7.17. The second-order valence-electron chi connectivity index (χ2n) is 5.04. The van der Waals surface area contributed by atoms with Crippen molar-refractivity contribution < 1.29 is 19.0 Å². The van der Waals surface area contributed by atoms with Gasteiger partial charge in [-0.05, 0) is 35.9 Å². The summed E-state index contributed by atoms with van der Waals surface area (Å²) in [7, 11) is 3.03. The van der Waals surface area contributed by atoms with Crippen LogP contribution in [0.3, 0.4) is 0 Å². The first-order valence-electron chi connectivity index (χ1n) is 7.22. The van der Waals surface area contributed by atoms with Gasteiger partial charge in [-0.3, -0.25) is 0 Å². The van der Waals surface area contributed by atoms with Gasteiger partial charge in [-0.15, -0.1) is 0 Å². The average Bonchev–Trinajstić information content (AvgIpc) is 2.96. The maximum absolute atomic E-state index is 12.2. The van der Waals surface area contributed by atoms with Gasteiger partial charge in [-0.1, -0.05) is 35.3 Å². The van der Waals surface area contributed by atoms with Gasteiger partial charge in [0.2, 0.25) is 5.90 Å². The van der Waals surface area contributed by atoms with Crippen LogP contribution in [0.4, 0.5) is 0 Å². The molecule has 5 nitrogen and oxygen atoms in total. The lowest BCUT2D eigenvalue weighted by atomic mass is 10.1. The highest BCUT2D eigenvalue weighted by Crippen LogP contribution is 2.33. The Labute approximate surface area is 154 Å². The molecule has 0 aromatic heterocycles. The Morgan fingerprint density at radius 2 is 1.76 bits per heavy atom. The van der Waals surface area contributed by atoms with Gasteiger partial charge in [0, 0.05) is 10.0 Å². The van der Waals surface area contributed by atoms with Crippen LogP contribution in [0.15, 0.2) is 47.1 Å². The van der Waals surface area contributed by atoms with Gasteiger partial charge in [0.05, 0.1) is 14.2 Å². The average molecular weight is 378 g/mol. The smallest absolute Gasteiger partial charge is 0.363 e. The number of methoxy groups -OCH3 is 2. The minimum Gasteiger partial charge on any atom is -0.496 e. The largest absolute Gasteiger partial charge is 0.496 e. The number of carbonyl (C=O) groups excluding carboxylic acids is 1. The van der Waals surface area contributed by atoms with E-state index in [4.69, 9.17) is 37.4 Å². The molecule has 0 N–H and O–H groups in total. The van der Waals surface area contributed by atoms with E-state index in [9.17, 15) is 4.79 Å². The standard InChI is InChI=1S/C18H13Cl2NO4/c1-23-14-4-3-5-15(24-2)16(14)17-21-13(18(22)25-17)8-10-6-7-11(19)9-12(10)20/h3-9H,1-2H3/b13-8-. The summed E-state index contributed by atoms with van der Waals surface area (Å²) in [5.41, 5.74) is 1.19. The van der Waals surface area contributed by atoms with E-state index in [0.29, 0.717) is 32.7 Å². The van der Waals surface area contributed by atoms with Crippen LogP contribution in [0.1, 0.15) is 11.1 Å². The summed E-state index contributed by atoms with van der Waals surface area (Å²) in [4.78, 5) is 16.5. The van der Waals surface area contributed by atoms with Crippen molar-refractivity contribution in [2.24, 2.45) is 4.99 Å². The number of nitrogens with zero attached hydrogens (tertiary/aromatic N) is 1. The Hall–Kier alpha value is -2.50. The van der Waals surface area contributed by atoms with Crippen molar-refractivity contribution >= 4 is 41.1 Å². The Bertz CT molecular complexity index is 884. The Morgan fingerprint density at radius 3 is 2.36 bits per heavy atom. The summed E-state index contributed by atoms with van der Waals surface area (Å²) < 4.78 is 15.9. The number of halogens is 2. The molecule has 2 aromatic rings. The second-order valence-corrected chi connectivity index (χ2v) is 5.88. The van der Waals surface area contributed by atoms with Gasteiger partial charge in [0.1, 0.15) is 17.1 Å². The lowest BCUT2D eigenvalue weighted by Gasteiger charge is -2.11. The number of rotatable bonds is 4. The van der Waals surface area contributed by atoms with Crippen LogP contribution in [0.2, 0.25) is 10.0 Å². The number of aliphatic imine (C=N–C) groups is 1. The van der Waals surface area contributed by atoms with Crippen molar-refractivity contribution in [1.29, 1.82) is 0 Å². The molecule has 0 atom stereocenters. The molecule has 7 heteroatoms. The van der Waals surface area contributed by atoms with E-state index >= 15 is 0 Å². The van der Waals surface area contributed by atoms with Crippen LogP contribution in [-0.4, -0.2) is 26.1 Å². The summed E-state index contributed by atoms with van der Waals surface area (Å²) in [6.45, 7) is 0. The molecule has 0 fully saturated rings. The summed E-state index contributed by atoms with van der Waals surface area (Å²) >= 11 is 12.0. The molecular formula is C18H13Cl2NO4. The zero-order valence-corrected chi connectivity index (χ0v) is 14.9. The van der Waals surface area contributed by atoms with Crippen molar-refractivity contribution in [3.63, 3.8) is 0 Å². The Balaban J connectivity index is 2.05. The van der Waals surface area contributed by atoms with Crippen LogP contribution >= 0.6 is 23.2 Å². The molecule has 0 saturated heterocycles. The fourth-order valence-corrected chi connectivity index (χ4v) is 2.81. The van der Waals surface area contributed by atoms with Gasteiger partial charge in [-0.25, -0.2) is 9.79 Å². The highest BCUT2D eigenvalue weighted by Gasteiger charge is 2.29. The van der Waals surface area contributed by atoms with Crippen molar-refractivity contribution in [2.45, 2.75) is 0 Å². The normalized spacial score (nSPS) is 15.1. The molecule has 1 aliphatic rings. The highest BCUT2D eigenvalue weighted by molar-refractivity contribution is 6.35. The number of hydrogen-bond donors (Lipinski definition) is 0. The molecule has 0 bridgehead atoms. The third-order valence-corrected chi connectivity index (χ3v) is 4.08. The molecule has 25 heavy (non-hydrogen) atoms. The molecule has 0 unspecified atom stereocenters. The minimum atomic E-state index is -0.589. The topological polar surface area (TPSA) is 57.1 Å². The van der Waals surface area contributed by atoms with Gasteiger partial charge in [-0.2, -0.15) is 0 Å². The third-order valence-electron chi connectivity index (χ3n) is 3.52. The van der Waals surface area contributed by atoms with E-state index in [1.807, 2.05) is 0 Å². The van der Waals surface area contributed by atoms with Crippen LogP contribution < -0.4 is 9.47 Å². The number of benzene rings is 2. The van der Waals surface area contributed by atoms with Crippen molar-refractivity contribution in [3.8, 4) is 11.5 Å². The number of hydrogen-bond acceptors (Lipinski definition) is 5. The maximum Gasteiger partial charge on any atom is 0.363 e. The quantitative estimate of drug-likeness (QED) is 0.586. The Morgan fingerprint density at radius 1 is 1.08 bits per heavy atom. The van der Waals surface area contributed by atoms with Crippen LogP contribution in [0.5, 0.6) is 11.5 Å². The Kier molecular flexibility index (Phi) is 4.97. The first-order chi connectivity index (χ1) is 12.0. The van der Waals surface area contributed by atoms with E-state index in [1.165, 1.54) is 20.3 Å². The van der Waals surface area contributed by atoms with Crippen LogP contribution in [0.25, 0.3) is 6.08 Å². The van der Waals surface area contributed by atoms with Crippen molar-refractivity contribution in [2.75, 3.05) is 14.2 Å². The molecule has 0 aliphatic carbocycles. The van der Waals surface area contributed by atoms with E-state index < -0.39 is 5.97 Å². The van der Waals surface area contributed by atoms with Gasteiger partial charge >= 0.3 is 5.97 Å². The molecule has 128 valence electrons. The predicted molar refractivity (Wildman–Crippen MR) is 96.6 cm³/mol. The molecule has 0 saturated carbocycles. The summed E-state index contributed by atoms with van der Waals surface area (Å²) in [6, 6.07) is 10.2.